The van der Waals surface area contributed by atoms with Crippen molar-refractivity contribution in [2.75, 3.05) is 0 Å². The molecule has 0 spiro atoms. The van der Waals surface area contributed by atoms with Crippen LogP contribution in [0.3, 0.4) is 0 Å². The van der Waals surface area contributed by atoms with Crippen molar-refractivity contribution >= 4 is 17.4 Å². The first-order valence-corrected chi connectivity index (χ1v) is 3.53. The zero-order valence-electron chi connectivity index (χ0n) is 5.72. The van der Waals surface area contributed by atoms with Crippen LogP contribution in [0.1, 0.15) is 19.8 Å². The van der Waals surface area contributed by atoms with Gasteiger partial charge in [0.1, 0.15) is 5.60 Å². The first-order chi connectivity index (χ1) is 4.52. The zero-order chi connectivity index (χ0) is 7.78. The zero-order valence-corrected chi connectivity index (χ0v) is 6.48. The quantitative estimate of drug-likeness (QED) is 0.579. The van der Waals surface area contributed by atoms with Gasteiger partial charge in [0.25, 0.3) is 0 Å². The van der Waals surface area contributed by atoms with Crippen molar-refractivity contribution in [2.45, 2.75) is 25.4 Å². The van der Waals surface area contributed by atoms with Crippen molar-refractivity contribution in [3.63, 3.8) is 0 Å². The van der Waals surface area contributed by atoms with Gasteiger partial charge in [-0.05, 0) is 25.8 Å². The maximum atomic E-state index is 10.9. The van der Waals surface area contributed by atoms with Gasteiger partial charge in [-0.3, -0.25) is 4.79 Å². The first kappa shape index (κ1) is 7.76. The third-order valence-corrected chi connectivity index (χ3v) is 1.97. The monoisotopic (exact) mass is 160 g/mol. The molecule has 3 heteroatoms. The Labute approximate surface area is 64.5 Å². The van der Waals surface area contributed by atoms with Gasteiger partial charge in [-0.25, -0.2) is 0 Å². The van der Waals surface area contributed by atoms with E-state index >= 15 is 0 Å². The Morgan fingerprint density at radius 3 is 2.80 bits per heavy atom. The number of ketones is 1. The predicted octanol–water partition coefficient (Wildman–Crippen LogP) is 1.22. The highest BCUT2D eigenvalue weighted by molar-refractivity contribution is 6.31. The van der Waals surface area contributed by atoms with Crippen LogP contribution in [0, 0.1) is 0 Å². The van der Waals surface area contributed by atoms with Gasteiger partial charge in [-0.15, -0.1) is 0 Å². The highest BCUT2D eigenvalue weighted by atomic mass is 35.5. The van der Waals surface area contributed by atoms with E-state index in [9.17, 15) is 9.90 Å². The van der Waals surface area contributed by atoms with E-state index in [2.05, 4.69) is 0 Å². The van der Waals surface area contributed by atoms with Crippen LogP contribution in [0.4, 0.5) is 0 Å². The van der Waals surface area contributed by atoms with Gasteiger partial charge < -0.3 is 5.11 Å². The van der Waals surface area contributed by atoms with Crippen LogP contribution in [0.5, 0.6) is 0 Å². The summed E-state index contributed by atoms with van der Waals surface area (Å²) in [6.07, 6.45) is 2.33. The largest absolute Gasteiger partial charge is 0.382 e. The van der Waals surface area contributed by atoms with E-state index in [-0.39, 0.29) is 5.78 Å². The molecule has 1 aliphatic rings. The van der Waals surface area contributed by atoms with E-state index in [0.717, 1.165) is 0 Å². The predicted molar refractivity (Wildman–Crippen MR) is 38.8 cm³/mol. The smallest absolute Gasteiger partial charge is 0.188 e. The van der Waals surface area contributed by atoms with E-state index in [1.807, 2.05) is 0 Å². The molecule has 0 saturated carbocycles. The molecule has 0 heterocycles. The second-order valence-electron chi connectivity index (χ2n) is 2.73. The Morgan fingerprint density at radius 1 is 1.80 bits per heavy atom. The summed E-state index contributed by atoms with van der Waals surface area (Å²) in [7, 11) is 0. The lowest BCUT2D eigenvalue weighted by Crippen LogP contribution is -2.35. The van der Waals surface area contributed by atoms with Crippen LogP contribution in [-0.4, -0.2) is 16.5 Å². The van der Waals surface area contributed by atoms with Crippen LogP contribution in [-0.2, 0) is 4.79 Å². The van der Waals surface area contributed by atoms with Gasteiger partial charge in [0.2, 0.25) is 0 Å². The number of hydrogen-bond acceptors (Lipinski definition) is 2. The molecule has 56 valence electrons. The number of allylic oxidation sites excluding steroid dienone is 1. The Bertz CT molecular complexity index is 194. The van der Waals surface area contributed by atoms with Crippen molar-refractivity contribution in [3.05, 3.63) is 11.1 Å². The van der Waals surface area contributed by atoms with E-state index in [0.29, 0.717) is 17.9 Å². The molecule has 0 saturated heterocycles. The molecular formula is C7H9ClO2. The van der Waals surface area contributed by atoms with Crippen LogP contribution < -0.4 is 0 Å². The van der Waals surface area contributed by atoms with E-state index in [4.69, 9.17) is 11.6 Å². The summed E-state index contributed by atoms with van der Waals surface area (Å²) in [4.78, 5) is 10.9. The molecule has 1 rings (SSSR count). The van der Waals surface area contributed by atoms with Gasteiger partial charge in [0, 0.05) is 5.03 Å². The lowest BCUT2D eigenvalue weighted by atomic mass is 9.90. The Morgan fingerprint density at radius 2 is 2.40 bits per heavy atom. The van der Waals surface area contributed by atoms with Gasteiger partial charge in [0.05, 0.1) is 0 Å². The molecule has 0 radical (unpaired) electrons. The fourth-order valence-corrected chi connectivity index (χ4v) is 1.05. The Kier molecular flexibility index (Phi) is 1.84. The van der Waals surface area contributed by atoms with Crippen LogP contribution in [0.25, 0.3) is 0 Å². The summed E-state index contributed by atoms with van der Waals surface area (Å²) in [5.74, 6) is -0.288. The second-order valence-corrected chi connectivity index (χ2v) is 3.21. The lowest BCUT2D eigenvalue weighted by Gasteiger charge is -2.23. The summed E-state index contributed by atoms with van der Waals surface area (Å²) < 4.78 is 0. The maximum Gasteiger partial charge on any atom is 0.188 e. The second kappa shape index (κ2) is 2.36. The molecule has 0 amide bonds. The molecular weight excluding hydrogens is 152 g/mol. The molecule has 0 aromatic heterocycles. The number of rotatable bonds is 0. The van der Waals surface area contributed by atoms with Crippen molar-refractivity contribution in [3.8, 4) is 0 Å². The fraction of sp³-hybridized carbons (Fsp3) is 0.571. The lowest BCUT2D eigenvalue weighted by molar-refractivity contribution is -0.131. The maximum absolute atomic E-state index is 10.9. The molecule has 2 nitrogen and oxygen atoms in total. The van der Waals surface area contributed by atoms with E-state index < -0.39 is 5.60 Å². The fourth-order valence-electron chi connectivity index (χ4n) is 0.856. The third kappa shape index (κ3) is 1.39. The number of halogens is 1. The van der Waals surface area contributed by atoms with Gasteiger partial charge >= 0.3 is 0 Å². The van der Waals surface area contributed by atoms with Crippen molar-refractivity contribution < 1.29 is 9.90 Å². The van der Waals surface area contributed by atoms with Crippen LogP contribution in [0.15, 0.2) is 11.1 Å². The van der Waals surface area contributed by atoms with Crippen molar-refractivity contribution in [2.24, 2.45) is 0 Å². The molecule has 1 atom stereocenters. The average Bonchev–Trinajstić information content (AvgIpc) is 1.81. The van der Waals surface area contributed by atoms with Crippen molar-refractivity contribution in [1.82, 2.24) is 0 Å². The molecule has 0 aromatic rings. The molecule has 10 heavy (non-hydrogen) atoms. The minimum Gasteiger partial charge on any atom is -0.382 e. The molecule has 0 aromatic carbocycles. The highest BCUT2D eigenvalue weighted by Gasteiger charge is 2.31. The molecule has 0 aliphatic heterocycles. The Hall–Kier alpha value is -0.340. The summed E-state index contributed by atoms with van der Waals surface area (Å²) in [5.41, 5.74) is -1.18. The molecule has 1 unspecified atom stereocenters. The minimum atomic E-state index is -1.18. The standard InChI is InChI=1S/C7H9ClO2/c1-7(10)3-2-5(8)4-6(7)9/h4,10H,2-3H2,1H3. The average molecular weight is 161 g/mol. The number of aliphatic hydroxyl groups is 1. The summed E-state index contributed by atoms with van der Waals surface area (Å²) >= 11 is 5.57. The number of hydrogen-bond donors (Lipinski definition) is 1. The van der Waals surface area contributed by atoms with E-state index in [1.54, 1.807) is 0 Å². The number of carbonyl (C=O) groups excluding carboxylic acids is 1. The normalized spacial score (nSPS) is 33.9. The summed E-state index contributed by atoms with van der Waals surface area (Å²) in [6, 6.07) is 0. The Balaban J connectivity index is 2.84. The third-order valence-electron chi connectivity index (χ3n) is 1.67. The molecule has 0 fully saturated rings. The van der Waals surface area contributed by atoms with Gasteiger partial charge in [0.15, 0.2) is 5.78 Å². The molecule has 0 bridgehead atoms. The summed E-state index contributed by atoms with van der Waals surface area (Å²) in [5, 5.41) is 9.85. The van der Waals surface area contributed by atoms with E-state index in [1.165, 1.54) is 13.0 Å². The van der Waals surface area contributed by atoms with Crippen LogP contribution in [0.2, 0.25) is 0 Å². The van der Waals surface area contributed by atoms with Gasteiger partial charge in [-0.2, -0.15) is 0 Å². The first-order valence-electron chi connectivity index (χ1n) is 3.15. The van der Waals surface area contributed by atoms with Gasteiger partial charge in [-0.1, -0.05) is 11.6 Å². The molecule has 1 N–H and O–H groups in total. The number of carbonyl (C=O) groups is 1. The topological polar surface area (TPSA) is 37.3 Å². The van der Waals surface area contributed by atoms with Crippen molar-refractivity contribution in [1.29, 1.82) is 0 Å². The van der Waals surface area contributed by atoms with Crippen LogP contribution >= 0.6 is 11.6 Å². The SMILES string of the molecule is CC1(O)CCC(Cl)=CC1=O. The minimum absolute atomic E-state index is 0.288. The highest BCUT2D eigenvalue weighted by Crippen LogP contribution is 2.25. The summed E-state index contributed by atoms with van der Waals surface area (Å²) in [6.45, 7) is 1.51. The molecule has 1 aliphatic carbocycles.